The van der Waals surface area contributed by atoms with Crippen molar-refractivity contribution in [3.05, 3.63) is 12.4 Å². The van der Waals surface area contributed by atoms with Crippen molar-refractivity contribution in [2.24, 2.45) is 10.2 Å². The van der Waals surface area contributed by atoms with E-state index < -0.39 is 11.9 Å². The van der Waals surface area contributed by atoms with Gasteiger partial charge < -0.3 is 10.2 Å². The maximum absolute atomic E-state index is 9.00. The Morgan fingerprint density at radius 1 is 0.950 bits per heavy atom. The summed E-state index contributed by atoms with van der Waals surface area (Å²) in [5, 5.41) is 35.5. The zero-order valence-corrected chi connectivity index (χ0v) is 10.4. The van der Waals surface area contributed by atoms with E-state index in [0.717, 1.165) is 13.8 Å². The number of carboxylic acids is 2. The van der Waals surface area contributed by atoms with E-state index in [2.05, 4.69) is 40.1 Å². The van der Waals surface area contributed by atoms with Gasteiger partial charge in [0.05, 0.1) is 0 Å². The van der Waals surface area contributed by atoms with Crippen LogP contribution in [0.25, 0.3) is 0 Å². The van der Waals surface area contributed by atoms with Gasteiger partial charge in [0.2, 0.25) is 11.6 Å². The van der Waals surface area contributed by atoms with E-state index in [1.54, 1.807) is 0 Å². The maximum Gasteiger partial charge on any atom is 0.300 e. The molecule has 0 aliphatic carbocycles. The van der Waals surface area contributed by atoms with Crippen LogP contribution in [0.4, 0.5) is 11.6 Å². The van der Waals surface area contributed by atoms with Crippen molar-refractivity contribution in [1.82, 2.24) is 20.6 Å². The molecule has 0 aliphatic heterocycles. The van der Waals surface area contributed by atoms with Crippen LogP contribution in [0.3, 0.4) is 0 Å². The topological polar surface area (TPSA) is 177 Å². The Bertz CT molecular complexity index is 465. The summed E-state index contributed by atoms with van der Waals surface area (Å²) in [5.41, 5.74) is 0. The Balaban J connectivity index is 0.000000380. The lowest BCUT2D eigenvalue weighted by Crippen LogP contribution is -1.78. The molecule has 2 rings (SSSR count). The summed E-state index contributed by atoms with van der Waals surface area (Å²) in [5.74, 6) is -1.14. The molecule has 0 radical (unpaired) electrons. The Kier molecular flexibility index (Phi) is 8.25. The molecule has 12 heteroatoms. The fourth-order valence-electron chi connectivity index (χ4n) is 0.510. The zero-order valence-electron chi connectivity index (χ0n) is 10.4. The van der Waals surface area contributed by atoms with E-state index in [4.69, 9.17) is 19.8 Å². The van der Waals surface area contributed by atoms with Crippen LogP contribution in [-0.2, 0) is 9.59 Å². The third kappa shape index (κ3) is 11.3. The summed E-state index contributed by atoms with van der Waals surface area (Å²) in [6, 6.07) is 0. The molecule has 12 nitrogen and oxygen atoms in total. The Labute approximate surface area is 111 Å². The van der Waals surface area contributed by atoms with Crippen LogP contribution in [0.15, 0.2) is 31.9 Å². The molecule has 20 heavy (non-hydrogen) atoms. The van der Waals surface area contributed by atoms with Gasteiger partial charge in [-0.15, -0.1) is 10.2 Å². The van der Waals surface area contributed by atoms with Crippen molar-refractivity contribution in [1.29, 1.82) is 0 Å². The number of azo groups is 1. The zero-order chi connectivity index (χ0) is 15.4. The molecule has 108 valence electrons. The van der Waals surface area contributed by atoms with E-state index in [1.165, 1.54) is 12.4 Å². The van der Waals surface area contributed by atoms with Gasteiger partial charge in [-0.1, -0.05) is 10.3 Å². The number of aliphatic carboxylic acids is 2. The summed E-state index contributed by atoms with van der Waals surface area (Å²) < 4.78 is 8.54. The van der Waals surface area contributed by atoms with Crippen molar-refractivity contribution in [3.63, 3.8) is 0 Å². The minimum absolute atomic E-state index is 0.262. The normalized spacial score (nSPS) is 9.10. The minimum Gasteiger partial charge on any atom is -0.481 e. The van der Waals surface area contributed by atoms with E-state index in [1.807, 2.05) is 0 Å². The molecule has 2 N–H and O–H groups in total. The van der Waals surface area contributed by atoms with Crippen molar-refractivity contribution in [2.45, 2.75) is 13.8 Å². The molecular formula is C8H10N6O6. The van der Waals surface area contributed by atoms with Crippen LogP contribution in [0.2, 0.25) is 0 Å². The lowest BCUT2D eigenvalue weighted by molar-refractivity contribution is -0.135. The lowest BCUT2D eigenvalue weighted by atomic mass is 10.8. The van der Waals surface area contributed by atoms with Crippen molar-refractivity contribution >= 4 is 23.6 Å². The highest BCUT2D eigenvalue weighted by molar-refractivity contribution is 5.63. The fraction of sp³-hybridized carbons (Fsp3) is 0.250. The third-order valence-electron chi connectivity index (χ3n) is 0.954. The number of carbonyl (C=O) groups is 2. The van der Waals surface area contributed by atoms with Crippen LogP contribution in [0.5, 0.6) is 0 Å². The van der Waals surface area contributed by atoms with Crippen molar-refractivity contribution in [3.8, 4) is 0 Å². The average Bonchev–Trinajstić information content (AvgIpc) is 2.99. The van der Waals surface area contributed by atoms with Gasteiger partial charge in [-0.25, -0.2) is 9.26 Å². The lowest BCUT2D eigenvalue weighted by Gasteiger charge is -1.74. The van der Waals surface area contributed by atoms with Gasteiger partial charge in [0, 0.05) is 13.8 Å². The fourth-order valence-corrected chi connectivity index (χ4v) is 0.510. The van der Waals surface area contributed by atoms with Gasteiger partial charge in [-0.3, -0.25) is 9.59 Å². The first-order valence-corrected chi connectivity index (χ1v) is 4.77. The van der Waals surface area contributed by atoms with Crippen LogP contribution in [-0.4, -0.2) is 42.8 Å². The van der Waals surface area contributed by atoms with Gasteiger partial charge in [0.15, 0.2) is 0 Å². The Morgan fingerprint density at radius 2 is 1.25 bits per heavy atom. The number of rotatable bonds is 2. The second kappa shape index (κ2) is 9.81. The molecular weight excluding hydrogens is 276 g/mol. The van der Waals surface area contributed by atoms with Crippen molar-refractivity contribution < 1.29 is 29.1 Å². The van der Waals surface area contributed by atoms with Crippen LogP contribution >= 0.6 is 0 Å². The molecule has 0 aliphatic rings. The molecule has 0 atom stereocenters. The maximum atomic E-state index is 9.00. The first-order valence-electron chi connectivity index (χ1n) is 4.77. The molecule has 0 bridgehead atoms. The summed E-state index contributed by atoms with van der Waals surface area (Å²) in [7, 11) is 0. The van der Waals surface area contributed by atoms with Gasteiger partial charge in [0.1, 0.15) is 12.4 Å². The summed E-state index contributed by atoms with van der Waals surface area (Å²) in [4.78, 5) is 18.0. The number of carboxylic acid groups (broad SMARTS) is 2. The molecule has 0 aromatic carbocycles. The highest BCUT2D eigenvalue weighted by atomic mass is 16.6. The quantitative estimate of drug-likeness (QED) is 0.757. The molecule has 2 heterocycles. The number of nitrogens with zero attached hydrogens (tertiary/aromatic N) is 6. The summed E-state index contributed by atoms with van der Waals surface area (Å²) in [6.45, 7) is 2.17. The highest BCUT2D eigenvalue weighted by Crippen LogP contribution is 2.10. The van der Waals surface area contributed by atoms with Crippen molar-refractivity contribution in [2.75, 3.05) is 0 Å². The smallest absolute Gasteiger partial charge is 0.300 e. The Morgan fingerprint density at radius 3 is 1.45 bits per heavy atom. The van der Waals surface area contributed by atoms with E-state index in [0.29, 0.717) is 0 Å². The molecule has 0 fully saturated rings. The molecule has 2 aromatic heterocycles. The number of hydrogen-bond donors (Lipinski definition) is 2. The van der Waals surface area contributed by atoms with Crippen LogP contribution in [0.1, 0.15) is 13.8 Å². The second-order valence-electron chi connectivity index (χ2n) is 2.77. The summed E-state index contributed by atoms with van der Waals surface area (Å²) >= 11 is 0. The molecule has 0 amide bonds. The Hall–Kier alpha value is -3.18. The average molecular weight is 286 g/mol. The first-order chi connectivity index (χ1) is 9.41. The minimum atomic E-state index is -0.833. The summed E-state index contributed by atoms with van der Waals surface area (Å²) in [6.07, 6.45) is 2.63. The monoisotopic (exact) mass is 286 g/mol. The SMILES string of the molecule is CC(=O)O.CC(=O)O.c1nonc1N=Nc1cnon1. The molecule has 2 aromatic rings. The number of hydrogen-bond acceptors (Lipinski definition) is 10. The van der Waals surface area contributed by atoms with Gasteiger partial charge in [0.25, 0.3) is 11.9 Å². The van der Waals surface area contributed by atoms with E-state index in [-0.39, 0.29) is 11.6 Å². The standard InChI is InChI=1S/C4H2N6O2.2C2H4O2/c1-3(9-11-5-1)7-8-4-2-6-12-10-4;2*1-2(3)4/h1-2H;2*1H3,(H,3,4). The second-order valence-corrected chi connectivity index (χ2v) is 2.77. The molecule has 0 unspecified atom stereocenters. The third-order valence-corrected chi connectivity index (χ3v) is 0.954. The van der Waals surface area contributed by atoms with Crippen LogP contribution in [0, 0.1) is 0 Å². The molecule has 0 saturated carbocycles. The number of aromatic nitrogens is 4. The molecule has 0 saturated heterocycles. The van der Waals surface area contributed by atoms with E-state index in [9.17, 15) is 0 Å². The first kappa shape index (κ1) is 16.8. The largest absolute Gasteiger partial charge is 0.481 e. The van der Waals surface area contributed by atoms with Gasteiger partial charge in [-0.2, -0.15) is 0 Å². The predicted octanol–water partition coefficient (Wildman–Crippen LogP) is 1.05. The van der Waals surface area contributed by atoms with Gasteiger partial charge >= 0.3 is 0 Å². The predicted molar refractivity (Wildman–Crippen MR) is 59.4 cm³/mol. The molecule has 0 spiro atoms. The van der Waals surface area contributed by atoms with E-state index >= 15 is 0 Å². The van der Waals surface area contributed by atoms with Crippen LogP contribution < -0.4 is 0 Å². The van der Waals surface area contributed by atoms with Gasteiger partial charge in [-0.05, 0) is 10.3 Å². The highest BCUT2D eigenvalue weighted by Gasteiger charge is 1.95.